The summed E-state index contributed by atoms with van der Waals surface area (Å²) in [7, 11) is 3.98. The lowest BCUT2D eigenvalue weighted by atomic mass is 10.1. The Kier molecular flexibility index (Phi) is 5.62. The molecule has 0 heterocycles. The fraction of sp³-hybridized carbons (Fsp3) is 0.211. The molecule has 1 N–H and O–H groups in total. The molecule has 0 aromatic heterocycles. The third kappa shape index (κ3) is 4.68. The zero-order chi connectivity index (χ0) is 15.8. The molecule has 2 rings (SSSR count). The molecule has 0 aliphatic rings. The number of para-hydroxylation sites is 1. The van der Waals surface area contributed by atoms with Crippen LogP contribution >= 0.6 is 0 Å². The van der Waals surface area contributed by atoms with E-state index in [-0.39, 0.29) is 5.91 Å². The second-order valence-electron chi connectivity index (χ2n) is 5.15. The fourth-order valence-electron chi connectivity index (χ4n) is 2.10. The van der Waals surface area contributed by atoms with Crippen LogP contribution in [0.5, 0.6) is 0 Å². The number of benzene rings is 2. The number of hydrogen-bond acceptors (Lipinski definition) is 2. The van der Waals surface area contributed by atoms with Gasteiger partial charge in [-0.25, -0.2) is 0 Å². The standard InChI is InChI=1S/C19H20N2O/c1-21(2)18-13-7-6-11-17(18)12-8-14-20-19(22)15-16-9-4-3-5-10-16/h3-7,9-11,13H,14-15H2,1-2H3,(H,20,22). The van der Waals surface area contributed by atoms with Crippen molar-refractivity contribution in [1.82, 2.24) is 5.32 Å². The van der Waals surface area contributed by atoms with Crippen LogP contribution in [-0.2, 0) is 11.2 Å². The van der Waals surface area contributed by atoms with E-state index in [2.05, 4.69) is 17.2 Å². The van der Waals surface area contributed by atoms with Crippen molar-refractivity contribution in [3.8, 4) is 11.8 Å². The number of nitrogens with zero attached hydrogens (tertiary/aromatic N) is 1. The molecule has 0 atom stereocenters. The molecule has 0 aliphatic heterocycles. The summed E-state index contributed by atoms with van der Waals surface area (Å²) in [5.74, 6) is 6.10. The van der Waals surface area contributed by atoms with Gasteiger partial charge in [0.15, 0.2) is 0 Å². The first-order valence-corrected chi connectivity index (χ1v) is 7.22. The molecule has 0 spiro atoms. The first kappa shape index (κ1) is 15.7. The van der Waals surface area contributed by atoms with Crippen molar-refractivity contribution in [1.29, 1.82) is 0 Å². The first-order valence-electron chi connectivity index (χ1n) is 7.22. The molecule has 3 nitrogen and oxygen atoms in total. The van der Waals surface area contributed by atoms with Gasteiger partial charge in [-0.2, -0.15) is 0 Å². The molecule has 3 heteroatoms. The van der Waals surface area contributed by atoms with Crippen molar-refractivity contribution in [2.75, 3.05) is 25.5 Å². The Morgan fingerprint density at radius 1 is 1.05 bits per heavy atom. The van der Waals surface area contributed by atoms with Gasteiger partial charge < -0.3 is 10.2 Å². The fourth-order valence-corrected chi connectivity index (χ4v) is 2.10. The highest BCUT2D eigenvalue weighted by molar-refractivity contribution is 5.78. The maximum Gasteiger partial charge on any atom is 0.225 e. The monoisotopic (exact) mass is 292 g/mol. The Hall–Kier alpha value is -2.73. The zero-order valence-electron chi connectivity index (χ0n) is 13.0. The van der Waals surface area contributed by atoms with Crippen LogP contribution in [0.2, 0.25) is 0 Å². The van der Waals surface area contributed by atoms with Crippen molar-refractivity contribution in [2.45, 2.75) is 6.42 Å². The first-order chi connectivity index (χ1) is 10.7. The highest BCUT2D eigenvalue weighted by Gasteiger charge is 2.01. The molecule has 2 aromatic rings. The van der Waals surface area contributed by atoms with Crippen molar-refractivity contribution in [2.24, 2.45) is 0 Å². The number of carbonyl (C=O) groups is 1. The van der Waals surface area contributed by atoms with Crippen LogP contribution in [0.25, 0.3) is 0 Å². The summed E-state index contributed by atoms with van der Waals surface area (Å²) in [4.78, 5) is 13.8. The van der Waals surface area contributed by atoms with Gasteiger partial charge in [0.1, 0.15) is 0 Å². The van der Waals surface area contributed by atoms with Crippen LogP contribution in [0.4, 0.5) is 5.69 Å². The second-order valence-corrected chi connectivity index (χ2v) is 5.15. The van der Waals surface area contributed by atoms with Crippen LogP contribution < -0.4 is 10.2 Å². The van der Waals surface area contributed by atoms with Gasteiger partial charge in [0.05, 0.1) is 18.7 Å². The molecule has 0 aliphatic carbocycles. The molecule has 2 aromatic carbocycles. The molecular formula is C19H20N2O. The summed E-state index contributed by atoms with van der Waals surface area (Å²) < 4.78 is 0. The molecule has 0 saturated heterocycles. The maximum absolute atomic E-state index is 11.8. The minimum absolute atomic E-state index is 0.0126. The van der Waals surface area contributed by atoms with E-state index in [1.807, 2.05) is 73.6 Å². The van der Waals surface area contributed by atoms with E-state index in [0.29, 0.717) is 13.0 Å². The summed E-state index contributed by atoms with van der Waals surface area (Å²) in [6, 6.07) is 17.6. The normalized spacial score (nSPS) is 9.55. The van der Waals surface area contributed by atoms with Gasteiger partial charge in [0, 0.05) is 19.7 Å². The molecule has 0 radical (unpaired) electrons. The SMILES string of the molecule is CN(C)c1ccccc1C#CCNC(=O)Cc1ccccc1. The van der Waals surface area contributed by atoms with Crippen LogP contribution in [0.1, 0.15) is 11.1 Å². The van der Waals surface area contributed by atoms with E-state index in [1.54, 1.807) is 0 Å². The van der Waals surface area contributed by atoms with Crippen molar-refractivity contribution >= 4 is 11.6 Å². The minimum atomic E-state index is -0.0126. The number of rotatable bonds is 4. The van der Waals surface area contributed by atoms with Gasteiger partial charge in [-0.3, -0.25) is 4.79 Å². The number of hydrogen-bond donors (Lipinski definition) is 1. The summed E-state index contributed by atoms with van der Waals surface area (Å²) in [6.07, 6.45) is 0.386. The number of nitrogens with one attached hydrogen (secondary N) is 1. The summed E-state index contributed by atoms with van der Waals surface area (Å²) in [5, 5.41) is 2.82. The van der Waals surface area contributed by atoms with Crippen molar-refractivity contribution in [3.05, 3.63) is 65.7 Å². The Morgan fingerprint density at radius 3 is 2.45 bits per heavy atom. The number of anilines is 1. The van der Waals surface area contributed by atoms with E-state index >= 15 is 0 Å². The minimum Gasteiger partial charge on any atom is -0.377 e. The Bertz CT molecular complexity index is 681. The Morgan fingerprint density at radius 2 is 1.73 bits per heavy atom. The smallest absolute Gasteiger partial charge is 0.225 e. The zero-order valence-corrected chi connectivity index (χ0v) is 13.0. The van der Waals surface area contributed by atoms with Gasteiger partial charge in [-0.05, 0) is 17.7 Å². The van der Waals surface area contributed by atoms with Crippen molar-refractivity contribution < 1.29 is 4.79 Å². The van der Waals surface area contributed by atoms with E-state index in [0.717, 1.165) is 16.8 Å². The predicted molar refractivity (Wildman–Crippen MR) is 90.8 cm³/mol. The lowest BCUT2D eigenvalue weighted by Crippen LogP contribution is -2.25. The highest BCUT2D eigenvalue weighted by atomic mass is 16.1. The number of amides is 1. The summed E-state index contributed by atoms with van der Waals surface area (Å²) in [6.45, 7) is 0.355. The third-order valence-electron chi connectivity index (χ3n) is 3.19. The highest BCUT2D eigenvalue weighted by Crippen LogP contribution is 2.16. The van der Waals surface area contributed by atoms with E-state index in [1.165, 1.54) is 0 Å². The van der Waals surface area contributed by atoms with Gasteiger partial charge in [-0.15, -0.1) is 0 Å². The van der Waals surface area contributed by atoms with E-state index < -0.39 is 0 Å². The van der Waals surface area contributed by atoms with Gasteiger partial charge >= 0.3 is 0 Å². The largest absolute Gasteiger partial charge is 0.377 e. The maximum atomic E-state index is 11.8. The average Bonchev–Trinajstić information content (AvgIpc) is 2.53. The molecule has 1 amide bonds. The molecule has 112 valence electrons. The van der Waals surface area contributed by atoms with E-state index in [9.17, 15) is 4.79 Å². The lowest BCUT2D eigenvalue weighted by Gasteiger charge is -2.13. The molecule has 0 saturated carbocycles. The van der Waals surface area contributed by atoms with Gasteiger partial charge in [-0.1, -0.05) is 54.3 Å². The van der Waals surface area contributed by atoms with Crippen molar-refractivity contribution in [3.63, 3.8) is 0 Å². The van der Waals surface area contributed by atoms with Crippen LogP contribution in [0, 0.1) is 11.8 Å². The molecule has 22 heavy (non-hydrogen) atoms. The molecule has 0 fully saturated rings. The van der Waals surface area contributed by atoms with Crippen LogP contribution in [-0.4, -0.2) is 26.5 Å². The molecule has 0 unspecified atom stereocenters. The summed E-state index contributed by atoms with van der Waals surface area (Å²) in [5.41, 5.74) is 3.04. The average molecular weight is 292 g/mol. The summed E-state index contributed by atoms with van der Waals surface area (Å²) >= 11 is 0. The predicted octanol–water partition coefficient (Wildman–Crippen LogP) is 2.46. The Balaban J connectivity index is 1.88. The van der Waals surface area contributed by atoms with Crippen LogP contribution in [0.15, 0.2) is 54.6 Å². The molecule has 0 bridgehead atoms. The second kappa shape index (κ2) is 7.90. The number of carbonyl (C=O) groups excluding carboxylic acids is 1. The third-order valence-corrected chi connectivity index (χ3v) is 3.19. The lowest BCUT2D eigenvalue weighted by molar-refractivity contribution is -0.120. The van der Waals surface area contributed by atoms with E-state index in [4.69, 9.17) is 0 Å². The Labute approximate surface area is 132 Å². The molecular weight excluding hydrogens is 272 g/mol. The van der Waals surface area contributed by atoms with Crippen LogP contribution in [0.3, 0.4) is 0 Å². The van der Waals surface area contributed by atoms with Gasteiger partial charge in [0.2, 0.25) is 5.91 Å². The quantitative estimate of drug-likeness (QED) is 0.878. The van der Waals surface area contributed by atoms with Gasteiger partial charge in [0.25, 0.3) is 0 Å². The topological polar surface area (TPSA) is 32.3 Å².